The molecule has 0 aliphatic heterocycles. The van der Waals surface area contributed by atoms with Crippen LogP contribution in [0.5, 0.6) is 0 Å². The van der Waals surface area contributed by atoms with E-state index in [0.29, 0.717) is 26.0 Å². The van der Waals surface area contributed by atoms with E-state index in [1.807, 2.05) is 27.7 Å². The molecular formula is C16H24F3NO. The normalized spacial score (nSPS) is 13.5. The number of benzene rings is 1. The Labute approximate surface area is 124 Å². The molecule has 5 heteroatoms. The van der Waals surface area contributed by atoms with E-state index in [9.17, 15) is 13.2 Å². The highest BCUT2D eigenvalue weighted by molar-refractivity contribution is 5.26. The largest absolute Gasteiger partial charge is 0.373 e. The molecule has 0 spiro atoms. The number of likely N-dealkylation sites (N-methyl/N-ethyl adjacent to an activating group) is 1. The summed E-state index contributed by atoms with van der Waals surface area (Å²) in [6, 6.07) is 1.72. The number of halogens is 3. The predicted octanol–water partition coefficient (Wildman–Crippen LogP) is 4.35. The van der Waals surface area contributed by atoms with Crippen molar-refractivity contribution in [2.75, 3.05) is 13.2 Å². The summed E-state index contributed by atoms with van der Waals surface area (Å²) < 4.78 is 46.8. The molecular weight excluding hydrogens is 279 g/mol. The van der Waals surface area contributed by atoms with Crippen LogP contribution in [0.25, 0.3) is 0 Å². The van der Waals surface area contributed by atoms with Gasteiger partial charge in [0.2, 0.25) is 0 Å². The fourth-order valence-corrected chi connectivity index (χ4v) is 2.78. The minimum atomic E-state index is -1.44. The van der Waals surface area contributed by atoms with Crippen molar-refractivity contribution in [3.05, 3.63) is 35.1 Å². The van der Waals surface area contributed by atoms with Crippen molar-refractivity contribution in [1.82, 2.24) is 5.32 Å². The molecule has 0 amide bonds. The Hall–Kier alpha value is -1.07. The van der Waals surface area contributed by atoms with E-state index < -0.39 is 29.1 Å². The average Bonchev–Trinajstić information content (AvgIpc) is 2.49. The third kappa shape index (κ3) is 3.58. The van der Waals surface area contributed by atoms with Crippen molar-refractivity contribution < 1.29 is 17.9 Å². The lowest BCUT2D eigenvalue weighted by Crippen LogP contribution is -2.46. The van der Waals surface area contributed by atoms with Gasteiger partial charge in [0.1, 0.15) is 0 Å². The average molecular weight is 303 g/mol. The molecule has 21 heavy (non-hydrogen) atoms. The topological polar surface area (TPSA) is 21.3 Å². The standard InChI is InChI=1S/C16H24F3NO/c1-5-16(6-2,21-8-4)15(20-7-3)11-9-10-12(17)14(19)13(11)18/h9-10,15,20H,5-8H2,1-4H3. The molecule has 1 atom stereocenters. The molecule has 1 aromatic carbocycles. The molecule has 0 aromatic heterocycles. The summed E-state index contributed by atoms with van der Waals surface area (Å²) in [6.45, 7) is 8.67. The van der Waals surface area contributed by atoms with Crippen LogP contribution in [0, 0.1) is 17.5 Å². The van der Waals surface area contributed by atoms with Crippen molar-refractivity contribution in [2.45, 2.75) is 52.2 Å². The molecule has 1 aromatic rings. The van der Waals surface area contributed by atoms with Crippen molar-refractivity contribution >= 4 is 0 Å². The van der Waals surface area contributed by atoms with Crippen LogP contribution in [0.15, 0.2) is 12.1 Å². The van der Waals surface area contributed by atoms with Crippen LogP contribution >= 0.6 is 0 Å². The Morgan fingerprint density at radius 3 is 2.14 bits per heavy atom. The monoisotopic (exact) mass is 303 g/mol. The second-order valence-electron chi connectivity index (χ2n) is 4.96. The van der Waals surface area contributed by atoms with Gasteiger partial charge in [-0.3, -0.25) is 0 Å². The lowest BCUT2D eigenvalue weighted by Gasteiger charge is -2.40. The van der Waals surface area contributed by atoms with Crippen molar-refractivity contribution in [3.8, 4) is 0 Å². The van der Waals surface area contributed by atoms with Crippen LogP contribution < -0.4 is 5.32 Å². The summed E-state index contributed by atoms with van der Waals surface area (Å²) in [5, 5.41) is 3.16. The SMILES string of the molecule is CCNC(c1ccc(F)c(F)c1F)C(CC)(CC)OCC. The minimum absolute atomic E-state index is 0.105. The highest BCUT2D eigenvalue weighted by atomic mass is 19.2. The first-order chi connectivity index (χ1) is 9.97. The van der Waals surface area contributed by atoms with E-state index >= 15 is 0 Å². The van der Waals surface area contributed by atoms with E-state index in [2.05, 4.69) is 5.32 Å². The summed E-state index contributed by atoms with van der Waals surface area (Å²) in [4.78, 5) is 0. The lowest BCUT2D eigenvalue weighted by molar-refractivity contribution is -0.0738. The number of nitrogens with one attached hydrogen (secondary N) is 1. The van der Waals surface area contributed by atoms with Crippen LogP contribution in [0.4, 0.5) is 13.2 Å². The zero-order valence-corrected chi connectivity index (χ0v) is 13.1. The van der Waals surface area contributed by atoms with E-state index in [4.69, 9.17) is 4.74 Å². The quantitative estimate of drug-likeness (QED) is 0.721. The zero-order valence-electron chi connectivity index (χ0n) is 13.1. The minimum Gasteiger partial charge on any atom is -0.373 e. The Morgan fingerprint density at radius 1 is 1.05 bits per heavy atom. The van der Waals surface area contributed by atoms with Gasteiger partial charge in [0.25, 0.3) is 0 Å². The van der Waals surface area contributed by atoms with Crippen LogP contribution in [0.3, 0.4) is 0 Å². The second kappa shape index (κ2) is 7.80. The van der Waals surface area contributed by atoms with Crippen LogP contribution in [0.2, 0.25) is 0 Å². The molecule has 0 saturated carbocycles. The Morgan fingerprint density at radius 2 is 1.67 bits per heavy atom. The van der Waals surface area contributed by atoms with Crippen molar-refractivity contribution in [3.63, 3.8) is 0 Å². The lowest BCUT2D eigenvalue weighted by atomic mass is 9.83. The molecule has 1 N–H and O–H groups in total. The number of hydrogen-bond acceptors (Lipinski definition) is 2. The van der Waals surface area contributed by atoms with Gasteiger partial charge in [0.05, 0.1) is 11.6 Å². The molecule has 0 heterocycles. The molecule has 0 aliphatic carbocycles. The highest BCUT2D eigenvalue weighted by Crippen LogP contribution is 2.37. The van der Waals surface area contributed by atoms with Crippen LogP contribution in [0.1, 0.15) is 52.1 Å². The van der Waals surface area contributed by atoms with E-state index in [-0.39, 0.29) is 5.56 Å². The third-order valence-corrected chi connectivity index (χ3v) is 3.94. The first-order valence-corrected chi connectivity index (χ1v) is 7.48. The number of ether oxygens (including phenoxy) is 1. The van der Waals surface area contributed by atoms with Gasteiger partial charge in [-0.2, -0.15) is 0 Å². The molecule has 0 radical (unpaired) electrons. The maximum absolute atomic E-state index is 14.2. The molecule has 0 saturated heterocycles. The van der Waals surface area contributed by atoms with E-state index in [0.717, 1.165) is 6.07 Å². The summed E-state index contributed by atoms with van der Waals surface area (Å²) in [5.74, 6) is -3.76. The summed E-state index contributed by atoms with van der Waals surface area (Å²) in [7, 11) is 0. The van der Waals surface area contributed by atoms with Gasteiger partial charge in [-0.25, -0.2) is 13.2 Å². The Balaban J connectivity index is 3.37. The van der Waals surface area contributed by atoms with E-state index in [1.165, 1.54) is 6.07 Å². The molecule has 120 valence electrons. The Bertz CT molecular complexity index is 461. The highest BCUT2D eigenvalue weighted by Gasteiger charge is 2.39. The fraction of sp³-hybridized carbons (Fsp3) is 0.625. The first-order valence-electron chi connectivity index (χ1n) is 7.48. The molecule has 0 aliphatic rings. The first kappa shape index (κ1) is 18.0. The number of rotatable bonds is 8. The van der Waals surface area contributed by atoms with Gasteiger partial charge >= 0.3 is 0 Å². The van der Waals surface area contributed by atoms with Gasteiger partial charge in [0, 0.05) is 12.2 Å². The number of hydrogen-bond donors (Lipinski definition) is 1. The molecule has 2 nitrogen and oxygen atoms in total. The van der Waals surface area contributed by atoms with Gasteiger partial charge in [-0.15, -0.1) is 0 Å². The zero-order chi connectivity index (χ0) is 16.0. The van der Waals surface area contributed by atoms with Gasteiger partial charge in [-0.1, -0.05) is 26.8 Å². The molecule has 0 fully saturated rings. The maximum atomic E-state index is 14.2. The van der Waals surface area contributed by atoms with Crippen LogP contribution in [-0.4, -0.2) is 18.8 Å². The van der Waals surface area contributed by atoms with E-state index in [1.54, 1.807) is 0 Å². The smallest absolute Gasteiger partial charge is 0.194 e. The molecule has 1 rings (SSSR count). The summed E-state index contributed by atoms with van der Waals surface area (Å²) in [5.41, 5.74) is -0.552. The second-order valence-corrected chi connectivity index (χ2v) is 4.96. The fourth-order valence-electron chi connectivity index (χ4n) is 2.78. The van der Waals surface area contributed by atoms with Crippen LogP contribution in [-0.2, 0) is 4.74 Å². The molecule has 1 unspecified atom stereocenters. The van der Waals surface area contributed by atoms with Gasteiger partial charge in [0.15, 0.2) is 17.5 Å². The third-order valence-electron chi connectivity index (χ3n) is 3.94. The predicted molar refractivity (Wildman–Crippen MR) is 77.7 cm³/mol. The summed E-state index contributed by atoms with van der Waals surface area (Å²) in [6.07, 6.45) is 1.26. The van der Waals surface area contributed by atoms with Gasteiger partial charge < -0.3 is 10.1 Å². The maximum Gasteiger partial charge on any atom is 0.194 e. The van der Waals surface area contributed by atoms with Gasteiger partial charge in [-0.05, 0) is 32.4 Å². The Kier molecular flexibility index (Phi) is 6.68. The van der Waals surface area contributed by atoms with Crippen molar-refractivity contribution in [1.29, 1.82) is 0 Å². The molecule has 0 bridgehead atoms. The van der Waals surface area contributed by atoms with Crippen molar-refractivity contribution in [2.24, 2.45) is 0 Å². The summed E-state index contributed by atoms with van der Waals surface area (Å²) >= 11 is 0.